The van der Waals surface area contributed by atoms with Crippen molar-refractivity contribution in [2.75, 3.05) is 33.4 Å². The molecule has 0 N–H and O–H groups in total. The first-order chi connectivity index (χ1) is 18.3. The summed E-state index contributed by atoms with van der Waals surface area (Å²) < 4.78 is 11.5. The normalized spacial score (nSPS) is 14.9. The number of ether oxygens (including phenoxy) is 2. The molecule has 1 aliphatic heterocycles. The van der Waals surface area contributed by atoms with Crippen LogP contribution in [0.2, 0.25) is 0 Å². The van der Waals surface area contributed by atoms with Crippen LogP contribution in [-0.2, 0) is 11.2 Å². The fraction of sp³-hybridized carbons (Fsp3) is 0.419. The Balaban J connectivity index is 1.52. The molecule has 1 aromatic heterocycles. The molecule has 0 radical (unpaired) electrons. The number of fused-ring (bicyclic) bond motifs is 1. The number of amides is 2. The van der Waals surface area contributed by atoms with Crippen molar-refractivity contribution in [2.24, 2.45) is 5.92 Å². The topological polar surface area (TPSA) is 59.1 Å². The number of carbonyl (C=O) groups is 2. The Morgan fingerprint density at radius 1 is 1.05 bits per heavy atom. The van der Waals surface area contributed by atoms with Gasteiger partial charge in [-0.3, -0.25) is 9.59 Å². The lowest BCUT2D eigenvalue weighted by Gasteiger charge is -2.37. The third-order valence-electron chi connectivity index (χ3n) is 6.89. The molecule has 0 saturated carbocycles. The van der Waals surface area contributed by atoms with Crippen LogP contribution in [0.5, 0.6) is 11.5 Å². The Morgan fingerprint density at radius 3 is 2.50 bits per heavy atom. The van der Waals surface area contributed by atoms with Gasteiger partial charge in [-0.2, -0.15) is 0 Å². The number of rotatable bonds is 10. The van der Waals surface area contributed by atoms with Crippen molar-refractivity contribution in [2.45, 2.75) is 46.1 Å². The predicted molar refractivity (Wildman–Crippen MR) is 152 cm³/mol. The molecule has 1 atom stereocenters. The van der Waals surface area contributed by atoms with E-state index in [1.54, 1.807) is 41.5 Å². The van der Waals surface area contributed by atoms with Gasteiger partial charge in [-0.15, -0.1) is 11.3 Å². The second-order valence-corrected chi connectivity index (χ2v) is 11.5. The van der Waals surface area contributed by atoms with E-state index in [1.165, 1.54) is 10.4 Å². The molecule has 2 amide bonds. The molecule has 4 rings (SSSR count). The van der Waals surface area contributed by atoms with Crippen LogP contribution in [-0.4, -0.2) is 55.0 Å². The molecule has 0 saturated heterocycles. The lowest BCUT2D eigenvalue weighted by atomic mass is 10.00. The largest absolute Gasteiger partial charge is 0.497 e. The van der Waals surface area contributed by atoms with Gasteiger partial charge in [0, 0.05) is 23.5 Å². The highest BCUT2D eigenvalue weighted by atomic mass is 32.1. The minimum Gasteiger partial charge on any atom is -0.497 e. The van der Waals surface area contributed by atoms with Crippen molar-refractivity contribution in [3.05, 3.63) is 81.5 Å². The Hall–Kier alpha value is -3.32. The summed E-state index contributed by atoms with van der Waals surface area (Å²) in [7, 11) is 1.58. The SMILES string of the molecule is COc1cccc(C(=O)N(CC(=O)N2CCc3sccc3[C@@H]2COc2ccc(C(C)C)cc2)CC(C)C)c1. The smallest absolute Gasteiger partial charge is 0.254 e. The third-order valence-corrected chi connectivity index (χ3v) is 7.88. The average molecular weight is 535 g/mol. The van der Waals surface area contributed by atoms with Crippen molar-refractivity contribution in [1.29, 1.82) is 0 Å². The van der Waals surface area contributed by atoms with Crippen LogP contribution in [0.3, 0.4) is 0 Å². The zero-order chi connectivity index (χ0) is 27.2. The van der Waals surface area contributed by atoms with E-state index in [4.69, 9.17) is 9.47 Å². The van der Waals surface area contributed by atoms with Crippen molar-refractivity contribution in [3.63, 3.8) is 0 Å². The Labute approximate surface area is 230 Å². The van der Waals surface area contributed by atoms with Gasteiger partial charge < -0.3 is 19.3 Å². The Kier molecular flexibility index (Phi) is 9.10. The molecule has 0 unspecified atom stereocenters. The first kappa shape index (κ1) is 27.7. The lowest BCUT2D eigenvalue weighted by molar-refractivity contribution is -0.135. The zero-order valence-corrected chi connectivity index (χ0v) is 23.8. The fourth-order valence-corrected chi connectivity index (χ4v) is 5.78. The van der Waals surface area contributed by atoms with Crippen molar-refractivity contribution < 1.29 is 19.1 Å². The minimum absolute atomic E-state index is 0.0211. The van der Waals surface area contributed by atoms with E-state index in [-0.39, 0.29) is 30.3 Å². The van der Waals surface area contributed by atoms with Gasteiger partial charge in [0.25, 0.3) is 5.91 Å². The summed E-state index contributed by atoms with van der Waals surface area (Å²) in [5.74, 6) is 1.84. The second kappa shape index (κ2) is 12.5. The van der Waals surface area contributed by atoms with Crippen LogP contribution in [0.4, 0.5) is 0 Å². The van der Waals surface area contributed by atoms with Crippen LogP contribution >= 0.6 is 11.3 Å². The van der Waals surface area contributed by atoms with Crippen LogP contribution in [0.1, 0.15) is 66.0 Å². The highest BCUT2D eigenvalue weighted by Crippen LogP contribution is 2.34. The van der Waals surface area contributed by atoms with Gasteiger partial charge in [0.15, 0.2) is 0 Å². The Bertz CT molecular complexity index is 1230. The van der Waals surface area contributed by atoms with E-state index >= 15 is 0 Å². The standard InChI is InChI=1S/C31H38N2O4S/c1-21(2)18-32(31(35)24-7-6-8-26(17-24)36-5)19-30(34)33-15-13-29-27(14-16-38-29)28(33)20-37-25-11-9-23(10-12-25)22(3)4/h6-12,14,16-17,21-22,28H,13,15,18-20H2,1-5H3/t28-/m0/s1. The number of methoxy groups -OCH3 is 1. The van der Waals surface area contributed by atoms with Gasteiger partial charge in [0.1, 0.15) is 24.7 Å². The molecule has 1 aliphatic rings. The quantitative estimate of drug-likeness (QED) is 0.312. The maximum absolute atomic E-state index is 13.8. The minimum atomic E-state index is -0.199. The predicted octanol–water partition coefficient (Wildman–Crippen LogP) is 6.18. The highest BCUT2D eigenvalue weighted by Gasteiger charge is 2.34. The third kappa shape index (κ3) is 6.57. The maximum atomic E-state index is 13.8. The number of carbonyl (C=O) groups excluding carboxylic acids is 2. The van der Waals surface area contributed by atoms with E-state index in [1.807, 2.05) is 23.1 Å². The molecule has 0 fully saturated rings. The molecule has 2 aromatic carbocycles. The van der Waals surface area contributed by atoms with E-state index in [9.17, 15) is 9.59 Å². The first-order valence-corrected chi connectivity index (χ1v) is 14.2. The summed E-state index contributed by atoms with van der Waals surface area (Å²) in [6.45, 7) is 9.92. The van der Waals surface area contributed by atoms with Gasteiger partial charge in [-0.25, -0.2) is 0 Å². The van der Waals surface area contributed by atoms with Crippen LogP contribution < -0.4 is 9.47 Å². The molecule has 202 valence electrons. The number of nitrogens with zero attached hydrogens (tertiary/aromatic N) is 2. The molecule has 0 spiro atoms. The molecular weight excluding hydrogens is 496 g/mol. The average Bonchev–Trinajstić information content (AvgIpc) is 3.40. The monoisotopic (exact) mass is 534 g/mol. The summed E-state index contributed by atoms with van der Waals surface area (Å²) in [6, 6.07) is 17.2. The number of hydrogen-bond donors (Lipinski definition) is 0. The van der Waals surface area contributed by atoms with Gasteiger partial charge in [-0.1, -0.05) is 45.9 Å². The summed E-state index contributed by atoms with van der Waals surface area (Å²) in [5, 5.41) is 2.08. The Morgan fingerprint density at radius 2 is 1.82 bits per heavy atom. The van der Waals surface area contributed by atoms with Crippen LogP contribution in [0.15, 0.2) is 60.0 Å². The lowest BCUT2D eigenvalue weighted by Crippen LogP contribution is -2.48. The second-order valence-electron chi connectivity index (χ2n) is 10.5. The molecule has 38 heavy (non-hydrogen) atoms. The highest BCUT2D eigenvalue weighted by molar-refractivity contribution is 7.10. The van der Waals surface area contributed by atoms with Gasteiger partial charge in [0.2, 0.25) is 5.91 Å². The van der Waals surface area contributed by atoms with Crippen molar-refractivity contribution in [1.82, 2.24) is 9.80 Å². The van der Waals surface area contributed by atoms with Gasteiger partial charge >= 0.3 is 0 Å². The molecule has 0 aliphatic carbocycles. The summed E-state index contributed by atoms with van der Waals surface area (Å²) in [5.41, 5.74) is 2.92. The van der Waals surface area contributed by atoms with E-state index in [2.05, 4.69) is 51.3 Å². The molecule has 3 aromatic rings. The summed E-state index contributed by atoms with van der Waals surface area (Å²) >= 11 is 1.73. The molecule has 6 nitrogen and oxygen atoms in total. The number of thiophene rings is 1. The molecular formula is C31H38N2O4S. The number of benzene rings is 2. The van der Waals surface area contributed by atoms with E-state index in [0.717, 1.165) is 17.7 Å². The summed E-state index contributed by atoms with van der Waals surface area (Å²) in [4.78, 5) is 32.1. The first-order valence-electron chi connectivity index (χ1n) is 13.3. The molecule has 7 heteroatoms. The van der Waals surface area contributed by atoms with E-state index in [0.29, 0.717) is 36.9 Å². The fourth-order valence-electron chi connectivity index (χ4n) is 4.85. The van der Waals surface area contributed by atoms with Crippen LogP contribution in [0, 0.1) is 5.92 Å². The van der Waals surface area contributed by atoms with E-state index < -0.39 is 0 Å². The number of hydrogen-bond acceptors (Lipinski definition) is 5. The maximum Gasteiger partial charge on any atom is 0.254 e. The molecule has 0 bridgehead atoms. The van der Waals surface area contributed by atoms with Crippen molar-refractivity contribution in [3.8, 4) is 11.5 Å². The summed E-state index contributed by atoms with van der Waals surface area (Å²) in [6.07, 6.45) is 0.812. The zero-order valence-electron chi connectivity index (χ0n) is 23.0. The van der Waals surface area contributed by atoms with Gasteiger partial charge in [-0.05, 0) is 71.2 Å². The van der Waals surface area contributed by atoms with Crippen molar-refractivity contribution >= 4 is 23.2 Å². The van der Waals surface area contributed by atoms with Crippen LogP contribution in [0.25, 0.3) is 0 Å². The van der Waals surface area contributed by atoms with Gasteiger partial charge in [0.05, 0.1) is 13.2 Å². The molecule has 2 heterocycles.